The molecule has 0 aliphatic carbocycles. The maximum atomic E-state index is 5.25. The molecule has 0 amide bonds. The predicted octanol–water partition coefficient (Wildman–Crippen LogP) is 2.01. The predicted molar refractivity (Wildman–Crippen MR) is 51.1 cm³/mol. The molecule has 0 spiro atoms. The van der Waals surface area contributed by atoms with Gasteiger partial charge in [-0.3, -0.25) is 0 Å². The first-order valence-corrected chi connectivity index (χ1v) is 4.29. The molecule has 4 nitrogen and oxygen atoms in total. The Morgan fingerprint density at radius 3 is 2.86 bits per heavy atom. The maximum absolute atomic E-state index is 5.25. The quantitative estimate of drug-likeness (QED) is 0.582. The van der Waals surface area contributed by atoms with Crippen molar-refractivity contribution in [1.82, 2.24) is 15.0 Å². The van der Waals surface area contributed by atoms with Gasteiger partial charge in [0.2, 0.25) is 5.88 Å². The van der Waals surface area contributed by atoms with Gasteiger partial charge < -0.3 is 4.42 Å². The molecule has 0 aliphatic rings. The lowest BCUT2D eigenvalue weighted by Crippen LogP contribution is -1.93. The number of benzene rings is 1. The lowest BCUT2D eigenvalue weighted by atomic mass is 10.3. The molecule has 0 fully saturated rings. The summed E-state index contributed by atoms with van der Waals surface area (Å²) >= 11 is 0. The molecule has 4 heteroatoms. The summed E-state index contributed by atoms with van der Waals surface area (Å²) in [7, 11) is 0. The number of aromatic nitrogens is 3. The third-order valence-electron chi connectivity index (χ3n) is 2.07. The number of nitrogens with zero attached hydrogens (tertiary/aromatic N) is 3. The van der Waals surface area contributed by atoms with Gasteiger partial charge in [0.25, 0.3) is 0 Å². The lowest BCUT2D eigenvalue weighted by molar-refractivity contribution is 0.522. The molecular weight excluding hydrogens is 178 g/mol. The van der Waals surface area contributed by atoms with E-state index in [0.29, 0.717) is 5.88 Å². The zero-order valence-corrected chi connectivity index (χ0v) is 7.29. The van der Waals surface area contributed by atoms with Crippen molar-refractivity contribution in [2.75, 3.05) is 0 Å². The number of hydrogen-bond donors (Lipinski definition) is 0. The van der Waals surface area contributed by atoms with Crippen LogP contribution < -0.4 is 0 Å². The van der Waals surface area contributed by atoms with Gasteiger partial charge in [0, 0.05) is 6.07 Å². The molecule has 14 heavy (non-hydrogen) atoms. The van der Waals surface area contributed by atoms with Gasteiger partial charge in [-0.05, 0) is 18.2 Å². The molecule has 68 valence electrons. The van der Waals surface area contributed by atoms with Crippen LogP contribution in [0.1, 0.15) is 0 Å². The second-order valence-electron chi connectivity index (χ2n) is 2.94. The van der Waals surface area contributed by atoms with E-state index in [-0.39, 0.29) is 0 Å². The molecule has 0 radical (unpaired) electrons. The number of fused-ring (bicyclic) bond motifs is 1. The monoisotopic (exact) mass is 185 g/mol. The van der Waals surface area contributed by atoms with Gasteiger partial charge in [0.15, 0.2) is 0 Å². The molecule has 3 aromatic rings. The van der Waals surface area contributed by atoms with E-state index in [4.69, 9.17) is 4.42 Å². The minimum Gasteiger partial charge on any atom is -0.447 e. The first-order valence-electron chi connectivity index (χ1n) is 4.29. The molecular formula is C10H7N3O. The van der Waals surface area contributed by atoms with E-state index in [1.807, 2.05) is 36.4 Å². The smallest absolute Gasteiger partial charge is 0.221 e. The van der Waals surface area contributed by atoms with Crippen LogP contribution in [0.3, 0.4) is 0 Å². The van der Waals surface area contributed by atoms with Gasteiger partial charge in [-0.25, -0.2) is 0 Å². The first kappa shape index (κ1) is 7.32. The van der Waals surface area contributed by atoms with Crippen molar-refractivity contribution in [3.05, 3.63) is 42.7 Å². The fourth-order valence-electron chi connectivity index (χ4n) is 1.42. The Bertz CT molecular complexity index is 554. The van der Waals surface area contributed by atoms with Crippen molar-refractivity contribution < 1.29 is 4.42 Å². The van der Waals surface area contributed by atoms with Crippen molar-refractivity contribution in [1.29, 1.82) is 0 Å². The summed E-state index contributed by atoms with van der Waals surface area (Å²) in [5.74, 6) is 0.679. The minimum atomic E-state index is 0.679. The minimum absolute atomic E-state index is 0.679. The zero-order chi connectivity index (χ0) is 9.38. The van der Waals surface area contributed by atoms with Crippen LogP contribution in [0.4, 0.5) is 0 Å². The second kappa shape index (κ2) is 2.70. The van der Waals surface area contributed by atoms with Crippen LogP contribution in [-0.2, 0) is 0 Å². The van der Waals surface area contributed by atoms with E-state index in [1.165, 1.54) is 0 Å². The molecule has 1 aromatic carbocycles. The Kier molecular flexibility index (Phi) is 1.41. The highest BCUT2D eigenvalue weighted by atomic mass is 16.3. The summed E-state index contributed by atoms with van der Waals surface area (Å²) in [5, 5.41) is 8.04. The maximum Gasteiger partial charge on any atom is 0.221 e. The van der Waals surface area contributed by atoms with E-state index in [1.54, 1.807) is 10.9 Å². The van der Waals surface area contributed by atoms with Crippen LogP contribution in [0.2, 0.25) is 0 Å². The highest BCUT2D eigenvalue weighted by Crippen LogP contribution is 2.15. The number of rotatable bonds is 1. The third kappa shape index (κ3) is 0.939. The van der Waals surface area contributed by atoms with Crippen molar-refractivity contribution in [3.8, 4) is 5.88 Å². The highest BCUT2D eigenvalue weighted by molar-refractivity contribution is 5.75. The average Bonchev–Trinajstić information content (AvgIpc) is 2.85. The summed E-state index contributed by atoms with van der Waals surface area (Å²) < 4.78 is 6.92. The highest BCUT2D eigenvalue weighted by Gasteiger charge is 2.06. The number of hydrogen-bond acceptors (Lipinski definition) is 3. The summed E-state index contributed by atoms with van der Waals surface area (Å²) in [6.45, 7) is 0. The third-order valence-corrected chi connectivity index (χ3v) is 2.07. The van der Waals surface area contributed by atoms with Gasteiger partial charge in [0.05, 0.1) is 11.8 Å². The van der Waals surface area contributed by atoms with Crippen LogP contribution in [-0.4, -0.2) is 15.0 Å². The molecule has 0 saturated heterocycles. The molecule has 0 N–H and O–H groups in total. The summed E-state index contributed by atoms with van der Waals surface area (Å²) in [4.78, 5) is 0. The van der Waals surface area contributed by atoms with Crippen molar-refractivity contribution in [3.63, 3.8) is 0 Å². The van der Waals surface area contributed by atoms with E-state index in [2.05, 4.69) is 10.3 Å². The normalized spacial score (nSPS) is 10.9. The van der Waals surface area contributed by atoms with Gasteiger partial charge in [-0.2, -0.15) is 4.68 Å². The Balaban J connectivity index is 2.33. The van der Waals surface area contributed by atoms with Gasteiger partial charge in [0.1, 0.15) is 5.52 Å². The van der Waals surface area contributed by atoms with Crippen LogP contribution in [0.5, 0.6) is 0 Å². The van der Waals surface area contributed by atoms with E-state index in [9.17, 15) is 0 Å². The molecule has 0 aliphatic heterocycles. The largest absolute Gasteiger partial charge is 0.447 e. The summed E-state index contributed by atoms with van der Waals surface area (Å²) in [6.07, 6.45) is 1.62. The van der Waals surface area contributed by atoms with Crippen molar-refractivity contribution in [2.24, 2.45) is 0 Å². The topological polar surface area (TPSA) is 43.9 Å². The van der Waals surface area contributed by atoms with Crippen molar-refractivity contribution >= 4 is 11.0 Å². The van der Waals surface area contributed by atoms with Gasteiger partial charge in [-0.1, -0.05) is 17.3 Å². The first-order chi connectivity index (χ1) is 6.95. The van der Waals surface area contributed by atoms with Gasteiger partial charge in [-0.15, -0.1) is 5.10 Å². The Labute approximate surface area is 79.8 Å². The molecule has 0 saturated carbocycles. The lowest BCUT2D eigenvalue weighted by Gasteiger charge is -1.94. The summed E-state index contributed by atoms with van der Waals surface area (Å²) in [5.41, 5.74) is 1.81. The standard InChI is InChI=1S/C10H7N3O/c1-2-5-9-8(4-1)11-12-13(9)10-6-3-7-14-10/h1-7H. The average molecular weight is 185 g/mol. The van der Waals surface area contributed by atoms with Crippen LogP contribution >= 0.6 is 0 Å². The fourth-order valence-corrected chi connectivity index (χ4v) is 1.42. The molecule has 0 unspecified atom stereocenters. The van der Waals surface area contributed by atoms with E-state index in [0.717, 1.165) is 11.0 Å². The van der Waals surface area contributed by atoms with Gasteiger partial charge >= 0.3 is 0 Å². The second-order valence-corrected chi connectivity index (χ2v) is 2.94. The molecule has 2 aromatic heterocycles. The van der Waals surface area contributed by atoms with Crippen LogP contribution in [0.15, 0.2) is 47.1 Å². The Morgan fingerprint density at radius 2 is 2.00 bits per heavy atom. The Hall–Kier alpha value is -2.10. The van der Waals surface area contributed by atoms with Crippen LogP contribution in [0, 0.1) is 0 Å². The Morgan fingerprint density at radius 1 is 1.07 bits per heavy atom. The molecule has 2 heterocycles. The number of furan rings is 1. The molecule has 3 rings (SSSR count). The number of para-hydroxylation sites is 1. The van der Waals surface area contributed by atoms with E-state index >= 15 is 0 Å². The molecule has 0 bridgehead atoms. The fraction of sp³-hybridized carbons (Fsp3) is 0. The summed E-state index contributed by atoms with van der Waals surface area (Å²) in [6, 6.07) is 11.4. The van der Waals surface area contributed by atoms with Crippen molar-refractivity contribution in [2.45, 2.75) is 0 Å². The SMILES string of the molecule is c1coc(-n2nnc3ccccc32)c1. The molecule has 0 atom stereocenters. The van der Waals surface area contributed by atoms with Crippen LogP contribution in [0.25, 0.3) is 16.9 Å². The zero-order valence-electron chi connectivity index (χ0n) is 7.29. The van der Waals surface area contributed by atoms with E-state index < -0.39 is 0 Å².